The first-order chi connectivity index (χ1) is 12.5. The minimum Gasteiger partial charge on any atom is -0.378 e. The third kappa shape index (κ3) is 4.31. The van der Waals surface area contributed by atoms with E-state index < -0.39 is 10.1 Å². The predicted molar refractivity (Wildman–Crippen MR) is 104 cm³/mol. The van der Waals surface area contributed by atoms with Gasteiger partial charge in [0, 0.05) is 16.8 Å². The van der Waals surface area contributed by atoms with Crippen LogP contribution >= 0.6 is 11.6 Å². The molecule has 0 aliphatic heterocycles. The van der Waals surface area contributed by atoms with Gasteiger partial charge in [-0.05, 0) is 48.9 Å². The number of halogens is 1. The molecule has 3 aromatic rings. The van der Waals surface area contributed by atoms with Crippen LogP contribution in [-0.4, -0.2) is 14.6 Å². The molecule has 3 rings (SSSR count). The van der Waals surface area contributed by atoms with Crippen molar-refractivity contribution in [3.63, 3.8) is 0 Å². The number of rotatable bonds is 5. The van der Waals surface area contributed by atoms with Gasteiger partial charge in [0.05, 0.1) is 5.69 Å². The van der Waals surface area contributed by atoms with Crippen LogP contribution in [0.1, 0.15) is 11.1 Å². The van der Waals surface area contributed by atoms with Crippen LogP contribution in [0.4, 0.5) is 5.69 Å². The summed E-state index contributed by atoms with van der Waals surface area (Å²) < 4.78 is 30.2. The first-order valence-electron chi connectivity index (χ1n) is 7.84. The molecule has 0 aliphatic carbocycles. The highest BCUT2D eigenvalue weighted by Crippen LogP contribution is 2.26. The van der Waals surface area contributed by atoms with E-state index in [4.69, 9.17) is 15.8 Å². The molecule has 0 aliphatic rings. The third-order valence-electron chi connectivity index (χ3n) is 3.66. The smallest absolute Gasteiger partial charge is 0.339 e. The maximum atomic E-state index is 12.5. The average Bonchev–Trinajstić information content (AvgIpc) is 2.63. The van der Waals surface area contributed by atoms with Gasteiger partial charge in [0.1, 0.15) is 4.90 Å². The van der Waals surface area contributed by atoms with E-state index in [0.29, 0.717) is 10.6 Å². The van der Waals surface area contributed by atoms with Crippen LogP contribution in [-0.2, 0) is 10.1 Å². The van der Waals surface area contributed by atoms with Gasteiger partial charge in [-0.2, -0.15) is 8.42 Å². The quantitative estimate of drug-likeness (QED) is 0.450. The Morgan fingerprint density at radius 3 is 2.38 bits per heavy atom. The van der Waals surface area contributed by atoms with Crippen molar-refractivity contribution in [1.82, 2.24) is 0 Å². The molecule has 0 heterocycles. The molecule has 0 fully saturated rings. The lowest BCUT2D eigenvalue weighted by atomic mass is 10.2. The fourth-order valence-electron chi connectivity index (χ4n) is 2.30. The van der Waals surface area contributed by atoms with Crippen LogP contribution in [0.25, 0.3) is 0 Å². The highest BCUT2D eigenvalue weighted by molar-refractivity contribution is 7.87. The minimum atomic E-state index is -3.94. The first-order valence-corrected chi connectivity index (χ1v) is 9.63. The molecule has 4 nitrogen and oxygen atoms in total. The lowest BCUT2D eigenvalue weighted by Crippen LogP contribution is -2.10. The summed E-state index contributed by atoms with van der Waals surface area (Å²) in [6.07, 6.45) is 1.55. The molecular formula is C20H16ClNO3S. The second-order valence-corrected chi connectivity index (χ2v) is 7.56. The number of aliphatic imine (C=N–C) groups is 1. The molecule has 0 radical (unpaired) electrons. The largest absolute Gasteiger partial charge is 0.378 e. The number of benzene rings is 3. The Labute approximate surface area is 157 Å². The first kappa shape index (κ1) is 18.2. The summed E-state index contributed by atoms with van der Waals surface area (Å²) in [5.74, 6) is 0.163. The Morgan fingerprint density at radius 1 is 0.962 bits per heavy atom. The molecule has 6 heteroatoms. The molecular weight excluding hydrogens is 370 g/mol. The number of aryl methyl sites for hydroxylation is 1. The van der Waals surface area contributed by atoms with Crippen molar-refractivity contribution in [3.8, 4) is 5.75 Å². The average molecular weight is 386 g/mol. The van der Waals surface area contributed by atoms with E-state index in [1.807, 2.05) is 31.2 Å². The molecule has 26 heavy (non-hydrogen) atoms. The van der Waals surface area contributed by atoms with Crippen LogP contribution in [0.15, 0.2) is 82.7 Å². The SMILES string of the molecule is Cc1ccccc1N=Cc1cc(Cl)ccc1OS(=O)(=O)c1ccccc1. The Morgan fingerprint density at radius 2 is 1.65 bits per heavy atom. The maximum Gasteiger partial charge on any atom is 0.339 e. The molecule has 0 spiro atoms. The van der Waals surface area contributed by atoms with Crippen LogP contribution in [0, 0.1) is 6.92 Å². The van der Waals surface area contributed by atoms with Gasteiger partial charge in [0.25, 0.3) is 0 Å². The third-order valence-corrected chi connectivity index (χ3v) is 5.14. The molecule has 0 saturated carbocycles. The lowest BCUT2D eigenvalue weighted by Gasteiger charge is -2.10. The van der Waals surface area contributed by atoms with E-state index in [2.05, 4.69) is 4.99 Å². The lowest BCUT2D eigenvalue weighted by molar-refractivity contribution is 0.485. The molecule has 3 aromatic carbocycles. The van der Waals surface area contributed by atoms with Gasteiger partial charge in [-0.25, -0.2) is 0 Å². The van der Waals surface area contributed by atoms with Crippen molar-refractivity contribution < 1.29 is 12.6 Å². The van der Waals surface area contributed by atoms with E-state index >= 15 is 0 Å². The number of nitrogens with zero attached hydrogens (tertiary/aromatic N) is 1. The second kappa shape index (κ2) is 7.72. The summed E-state index contributed by atoms with van der Waals surface area (Å²) in [5, 5.41) is 0.459. The summed E-state index contributed by atoms with van der Waals surface area (Å²) in [7, 11) is -3.94. The summed E-state index contributed by atoms with van der Waals surface area (Å²) in [5.41, 5.74) is 2.26. The minimum absolute atomic E-state index is 0.0803. The molecule has 0 amide bonds. The van der Waals surface area contributed by atoms with Gasteiger partial charge < -0.3 is 4.18 Å². The van der Waals surface area contributed by atoms with Crippen LogP contribution in [0.2, 0.25) is 5.02 Å². The van der Waals surface area contributed by atoms with Gasteiger partial charge in [-0.3, -0.25) is 4.99 Å². The van der Waals surface area contributed by atoms with Crippen molar-refractivity contribution >= 4 is 33.6 Å². The monoisotopic (exact) mass is 385 g/mol. The summed E-state index contributed by atoms with van der Waals surface area (Å²) in [4.78, 5) is 4.50. The maximum absolute atomic E-state index is 12.5. The Bertz CT molecular complexity index is 1050. The normalized spacial score (nSPS) is 11.6. The Balaban J connectivity index is 1.95. The zero-order valence-electron chi connectivity index (χ0n) is 14.0. The number of para-hydroxylation sites is 1. The van der Waals surface area contributed by atoms with Gasteiger partial charge in [-0.15, -0.1) is 0 Å². The Hall–Kier alpha value is -2.63. The highest BCUT2D eigenvalue weighted by Gasteiger charge is 2.18. The topological polar surface area (TPSA) is 55.7 Å². The summed E-state index contributed by atoms with van der Waals surface area (Å²) in [6.45, 7) is 1.95. The second-order valence-electron chi connectivity index (χ2n) is 5.58. The van der Waals surface area contributed by atoms with E-state index in [0.717, 1.165) is 11.3 Å². The van der Waals surface area contributed by atoms with Gasteiger partial charge >= 0.3 is 10.1 Å². The van der Waals surface area contributed by atoms with Gasteiger partial charge in [-0.1, -0.05) is 48.0 Å². The van der Waals surface area contributed by atoms with Crippen molar-refractivity contribution in [2.75, 3.05) is 0 Å². The molecule has 0 saturated heterocycles. The van der Waals surface area contributed by atoms with Crippen molar-refractivity contribution in [2.45, 2.75) is 11.8 Å². The van der Waals surface area contributed by atoms with E-state index in [1.165, 1.54) is 18.2 Å². The molecule has 132 valence electrons. The number of hydrogen-bond donors (Lipinski definition) is 0. The summed E-state index contributed by atoms with van der Waals surface area (Å²) in [6, 6.07) is 20.3. The van der Waals surface area contributed by atoms with Crippen molar-refractivity contribution in [2.24, 2.45) is 4.99 Å². The summed E-state index contributed by atoms with van der Waals surface area (Å²) >= 11 is 6.05. The van der Waals surface area contributed by atoms with Gasteiger partial charge in [0.15, 0.2) is 5.75 Å². The molecule has 0 atom stereocenters. The zero-order chi connectivity index (χ0) is 18.6. The molecule has 0 bridgehead atoms. The van der Waals surface area contributed by atoms with Crippen molar-refractivity contribution in [3.05, 3.63) is 88.9 Å². The highest BCUT2D eigenvalue weighted by atomic mass is 35.5. The van der Waals surface area contributed by atoms with Crippen LogP contribution in [0.5, 0.6) is 5.75 Å². The Kier molecular flexibility index (Phi) is 5.40. The molecule has 0 N–H and O–H groups in total. The predicted octanol–water partition coefficient (Wildman–Crippen LogP) is 5.17. The molecule has 0 aromatic heterocycles. The van der Waals surface area contributed by atoms with Crippen molar-refractivity contribution in [1.29, 1.82) is 0 Å². The van der Waals surface area contributed by atoms with Crippen LogP contribution in [0.3, 0.4) is 0 Å². The van der Waals surface area contributed by atoms with Gasteiger partial charge in [0.2, 0.25) is 0 Å². The number of hydrogen-bond acceptors (Lipinski definition) is 4. The van der Waals surface area contributed by atoms with E-state index in [9.17, 15) is 8.42 Å². The molecule has 0 unspecified atom stereocenters. The zero-order valence-corrected chi connectivity index (χ0v) is 15.5. The van der Waals surface area contributed by atoms with Crippen LogP contribution < -0.4 is 4.18 Å². The van der Waals surface area contributed by atoms with E-state index in [-0.39, 0.29) is 10.6 Å². The fraction of sp³-hybridized carbons (Fsp3) is 0.0500. The standard InChI is InChI=1S/C20H16ClNO3S/c1-15-7-5-6-10-19(15)22-14-16-13-17(21)11-12-20(16)25-26(23,24)18-8-3-2-4-9-18/h2-14H,1H3. The fourth-order valence-corrected chi connectivity index (χ4v) is 3.45. The van der Waals surface area contributed by atoms with E-state index in [1.54, 1.807) is 36.5 Å².